The lowest BCUT2D eigenvalue weighted by atomic mass is 9.96. The number of pyridine rings is 1. The van der Waals surface area contributed by atoms with E-state index in [0.717, 1.165) is 67.1 Å². The van der Waals surface area contributed by atoms with Crippen molar-refractivity contribution in [3.8, 4) is 5.82 Å². The highest BCUT2D eigenvalue weighted by atomic mass is 35.5. The van der Waals surface area contributed by atoms with Gasteiger partial charge < -0.3 is 9.47 Å². The molecule has 34 heavy (non-hydrogen) atoms. The van der Waals surface area contributed by atoms with Gasteiger partial charge in [0.15, 0.2) is 5.82 Å². The number of piperidine rings is 1. The minimum absolute atomic E-state index is 0.0332. The fraction of sp³-hybridized carbons (Fsp3) is 0.500. The number of rotatable bonds is 3. The predicted octanol–water partition coefficient (Wildman–Crippen LogP) is 4.00. The summed E-state index contributed by atoms with van der Waals surface area (Å²) in [6.07, 6.45) is 3.84. The van der Waals surface area contributed by atoms with Crippen LogP contribution in [0, 0.1) is 0 Å². The molecule has 3 aromatic rings. The second-order valence-corrected chi connectivity index (χ2v) is 9.06. The molecule has 0 amide bonds. The molecule has 180 valence electrons. The predicted molar refractivity (Wildman–Crippen MR) is 119 cm³/mol. The molecule has 0 N–H and O–H groups in total. The number of halogens is 4. The van der Waals surface area contributed by atoms with Gasteiger partial charge in [-0.05, 0) is 37.8 Å². The van der Waals surface area contributed by atoms with Crippen LogP contribution in [0.4, 0.5) is 18.9 Å². The summed E-state index contributed by atoms with van der Waals surface area (Å²) in [7, 11) is 0. The van der Waals surface area contributed by atoms with Gasteiger partial charge in [0.2, 0.25) is 0 Å². The maximum Gasteiger partial charge on any atom is 0.417 e. The molecule has 1 unspecified atom stereocenters. The zero-order chi connectivity index (χ0) is 23.9. The van der Waals surface area contributed by atoms with Gasteiger partial charge in [-0.3, -0.25) is 4.79 Å². The number of aromatic nitrogens is 6. The lowest BCUT2D eigenvalue weighted by molar-refractivity contribution is -0.137. The summed E-state index contributed by atoms with van der Waals surface area (Å²) in [5.74, 6) is 2.14. The molecule has 0 spiro atoms. The second kappa shape index (κ2) is 9.01. The fourth-order valence-corrected chi connectivity index (χ4v) is 4.95. The molecule has 1 fully saturated rings. The van der Waals surface area contributed by atoms with E-state index in [0.29, 0.717) is 25.0 Å². The molecular weight excluding hydrogens is 471 g/mol. The van der Waals surface area contributed by atoms with E-state index in [1.807, 2.05) is 4.90 Å². The molecule has 1 atom stereocenters. The normalized spacial score (nSPS) is 19.1. The number of hydrogen-bond acceptors (Lipinski definition) is 6. The largest absolute Gasteiger partial charge is 0.417 e. The first-order valence-electron chi connectivity index (χ1n) is 11.3. The van der Waals surface area contributed by atoms with Gasteiger partial charge in [0.1, 0.15) is 16.7 Å². The molecule has 8 nitrogen and oxygen atoms in total. The van der Waals surface area contributed by atoms with Crippen molar-refractivity contribution < 1.29 is 13.2 Å². The SMILES string of the molecule is O=c1c(Cl)c(N2CCCC(c3nnc4n3CCCCC4)C2)cnn1-c1ccc(C(F)(F)F)cn1. The van der Waals surface area contributed by atoms with Crippen LogP contribution in [0.3, 0.4) is 0 Å². The molecule has 0 saturated carbocycles. The molecule has 0 radical (unpaired) electrons. The lowest BCUT2D eigenvalue weighted by Gasteiger charge is -2.34. The first-order valence-corrected chi connectivity index (χ1v) is 11.7. The average molecular weight is 494 g/mol. The maximum atomic E-state index is 12.9. The Kier molecular flexibility index (Phi) is 6.05. The van der Waals surface area contributed by atoms with E-state index in [2.05, 4.69) is 24.8 Å². The monoisotopic (exact) mass is 493 g/mol. The van der Waals surface area contributed by atoms with Crippen molar-refractivity contribution >= 4 is 17.3 Å². The van der Waals surface area contributed by atoms with Gasteiger partial charge >= 0.3 is 6.18 Å². The average Bonchev–Trinajstić information content (AvgIpc) is 3.08. The van der Waals surface area contributed by atoms with Gasteiger partial charge in [0.05, 0.1) is 17.4 Å². The van der Waals surface area contributed by atoms with Gasteiger partial charge in [-0.1, -0.05) is 18.0 Å². The van der Waals surface area contributed by atoms with Gasteiger partial charge in [0, 0.05) is 38.2 Å². The van der Waals surface area contributed by atoms with E-state index in [1.54, 1.807) is 0 Å². The number of alkyl halides is 3. The van der Waals surface area contributed by atoms with Crippen molar-refractivity contribution in [2.75, 3.05) is 18.0 Å². The molecule has 2 aliphatic rings. The van der Waals surface area contributed by atoms with Crippen molar-refractivity contribution in [2.24, 2.45) is 0 Å². The highest BCUT2D eigenvalue weighted by molar-refractivity contribution is 6.33. The smallest absolute Gasteiger partial charge is 0.368 e. The van der Waals surface area contributed by atoms with Crippen molar-refractivity contribution in [1.82, 2.24) is 29.5 Å². The van der Waals surface area contributed by atoms with E-state index in [9.17, 15) is 18.0 Å². The molecule has 1 saturated heterocycles. The van der Waals surface area contributed by atoms with Crippen molar-refractivity contribution in [2.45, 2.75) is 57.2 Å². The van der Waals surface area contributed by atoms with E-state index in [-0.39, 0.29) is 16.8 Å². The van der Waals surface area contributed by atoms with Crippen molar-refractivity contribution in [3.05, 3.63) is 57.1 Å². The zero-order valence-corrected chi connectivity index (χ0v) is 19.1. The quantitative estimate of drug-likeness (QED) is 0.548. The number of aryl methyl sites for hydroxylation is 1. The topological polar surface area (TPSA) is 81.7 Å². The highest BCUT2D eigenvalue weighted by Crippen LogP contribution is 2.33. The van der Waals surface area contributed by atoms with Gasteiger partial charge in [-0.15, -0.1) is 10.2 Å². The van der Waals surface area contributed by atoms with Crippen LogP contribution in [0.1, 0.15) is 55.2 Å². The Morgan fingerprint density at radius 2 is 1.88 bits per heavy atom. The number of fused-ring (bicyclic) bond motifs is 1. The standard InChI is InChI=1S/C22H23ClF3N7O/c23-19-16(12-28-33(21(19)34)17-8-7-15(11-27-17)22(24,25)26)31-9-4-5-14(13-31)20-30-29-18-6-2-1-3-10-32(18)20/h7-8,11-12,14H,1-6,9-10,13H2. The minimum Gasteiger partial charge on any atom is -0.368 e. The first kappa shape index (κ1) is 22.8. The number of hydrogen-bond donors (Lipinski definition) is 0. The van der Waals surface area contributed by atoms with E-state index in [4.69, 9.17) is 11.6 Å². The van der Waals surface area contributed by atoms with Crippen LogP contribution in [-0.2, 0) is 19.1 Å². The highest BCUT2D eigenvalue weighted by Gasteiger charge is 2.31. The molecule has 0 aliphatic carbocycles. The Bertz CT molecular complexity index is 1240. The molecule has 3 aromatic heterocycles. The molecule has 5 rings (SSSR count). The third kappa shape index (κ3) is 4.28. The summed E-state index contributed by atoms with van der Waals surface area (Å²) in [6, 6.07) is 1.95. The van der Waals surface area contributed by atoms with Crippen LogP contribution in [0.5, 0.6) is 0 Å². The molecule has 12 heteroatoms. The molecule has 2 aliphatic heterocycles. The van der Waals surface area contributed by atoms with Gasteiger partial charge in [0.25, 0.3) is 5.56 Å². The first-order chi connectivity index (χ1) is 16.3. The van der Waals surface area contributed by atoms with Crippen LogP contribution in [0.2, 0.25) is 5.02 Å². The maximum absolute atomic E-state index is 12.9. The van der Waals surface area contributed by atoms with E-state index >= 15 is 0 Å². The third-order valence-electron chi connectivity index (χ3n) is 6.46. The Hall–Kier alpha value is -2.95. The summed E-state index contributed by atoms with van der Waals surface area (Å²) < 4.78 is 41.6. The van der Waals surface area contributed by atoms with Gasteiger partial charge in [-0.2, -0.15) is 23.0 Å². The Morgan fingerprint density at radius 1 is 1.03 bits per heavy atom. The molecule has 0 bridgehead atoms. The third-order valence-corrected chi connectivity index (χ3v) is 6.81. The second-order valence-electron chi connectivity index (χ2n) is 8.69. The molecular formula is C22H23ClF3N7O. The Morgan fingerprint density at radius 3 is 2.65 bits per heavy atom. The van der Waals surface area contributed by atoms with E-state index in [1.165, 1.54) is 12.6 Å². The van der Waals surface area contributed by atoms with Crippen LogP contribution < -0.4 is 10.5 Å². The summed E-state index contributed by atoms with van der Waals surface area (Å²) in [5, 5.41) is 13.0. The summed E-state index contributed by atoms with van der Waals surface area (Å²) in [5.41, 5.74) is -1.04. The summed E-state index contributed by atoms with van der Waals surface area (Å²) in [4.78, 5) is 18.7. The Balaban J connectivity index is 1.40. The van der Waals surface area contributed by atoms with Crippen molar-refractivity contribution in [1.29, 1.82) is 0 Å². The van der Waals surface area contributed by atoms with Crippen LogP contribution >= 0.6 is 11.6 Å². The number of anilines is 1. The van der Waals surface area contributed by atoms with Gasteiger partial charge in [-0.25, -0.2) is 4.98 Å². The number of nitrogens with zero attached hydrogens (tertiary/aromatic N) is 7. The van der Waals surface area contributed by atoms with Crippen molar-refractivity contribution in [3.63, 3.8) is 0 Å². The van der Waals surface area contributed by atoms with Crippen LogP contribution in [-0.4, -0.2) is 42.6 Å². The molecule has 5 heterocycles. The zero-order valence-electron chi connectivity index (χ0n) is 18.3. The molecule has 0 aromatic carbocycles. The van der Waals surface area contributed by atoms with E-state index < -0.39 is 17.3 Å². The Labute approximate surface area is 198 Å². The summed E-state index contributed by atoms with van der Waals surface area (Å²) >= 11 is 6.44. The summed E-state index contributed by atoms with van der Waals surface area (Å²) in [6.45, 7) is 2.26. The van der Waals surface area contributed by atoms with Crippen LogP contribution in [0.25, 0.3) is 5.82 Å². The minimum atomic E-state index is -4.51. The fourth-order valence-electron chi connectivity index (χ4n) is 4.70. The lowest BCUT2D eigenvalue weighted by Crippen LogP contribution is -2.37. The van der Waals surface area contributed by atoms with Crippen LogP contribution in [0.15, 0.2) is 29.3 Å².